The minimum atomic E-state index is 0.00846. The fourth-order valence-electron chi connectivity index (χ4n) is 3.19. The summed E-state index contributed by atoms with van der Waals surface area (Å²) in [6.07, 6.45) is 13.6. The minimum absolute atomic E-state index is 0.00846. The van der Waals surface area contributed by atoms with E-state index in [1.54, 1.807) is 0 Å². The number of hydrogen-bond acceptors (Lipinski definition) is 2. The van der Waals surface area contributed by atoms with Crippen molar-refractivity contribution in [2.45, 2.75) is 84.5 Å². The molecule has 0 saturated heterocycles. The monoisotopic (exact) mass is 268 g/mol. The highest BCUT2D eigenvalue weighted by Crippen LogP contribution is 2.31. The Morgan fingerprint density at radius 2 is 1.37 bits per heavy atom. The molecule has 0 aromatic heterocycles. The number of ether oxygens (including phenoxy) is 1. The largest absolute Gasteiger partial charge is 0.469 e. The van der Waals surface area contributed by atoms with Gasteiger partial charge in [0.25, 0.3) is 0 Å². The zero-order chi connectivity index (χ0) is 14.1. The summed E-state index contributed by atoms with van der Waals surface area (Å²) < 4.78 is 4.94. The Bertz CT molecular complexity index is 258. The van der Waals surface area contributed by atoms with E-state index in [9.17, 15) is 4.79 Å². The summed E-state index contributed by atoms with van der Waals surface area (Å²) in [6.45, 7) is 4.79. The topological polar surface area (TPSA) is 26.3 Å². The average molecular weight is 268 g/mol. The molecule has 2 heteroatoms. The number of rotatable bonds is 1. The van der Waals surface area contributed by atoms with Gasteiger partial charge in [0.2, 0.25) is 0 Å². The molecule has 1 saturated carbocycles. The predicted octanol–water partition coefficient (Wildman–Crippen LogP) is 5.11. The fraction of sp³-hybridized carbons (Fsp3) is 0.941. The van der Waals surface area contributed by atoms with Crippen LogP contribution in [0.15, 0.2) is 0 Å². The molecule has 1 fully saturated rings. The molecule has 1 atom stereocenters. The summed E-state index contributed by atoms with van der Waals surface area (Å²) in [7, 11) is 1.52. The molecule has 1 aliphatic rings. The predicted molar refractivity (Wildman–Crippen MR) is 80.1 cm³/mol. The first kappa shape index (κ1) is 16.5. The van der Waals surface area contributed by atoms with Crippen molar-refractivity contribution < 1.29 is 9.53 Å². The Kier molecular flexibility index (Phi) is 7.48. The molecule has 0 aromatic rings. The van der Waals surface area contributed by atoms with Gasteiger partial charge in [-0.1, -0.05) is 58.8 Å². The summed E-state index contributed by atoms with van der Waals surface area (Å²) in [5.74, 6) is 0.156. The van der Waals surface area contributed by atoms with Crippen molar-refractivity contribution >= 4 is 5.97 Å². The highest BCUT2D eigenvalue weighted by molar-refractivity contribution is 5.72. The van der Waals surface area contributed by atoms with Crippen LogP contribution in [0.3, 0.4) is 0 Å². The lowest BCUT2D eigenvalue weighted by Crippen LogP contribution is -2.16. The van der Waals surface area contributed by atoms with Crippen LogP contribution in [0.25, 0.3) is 0 Å². The first-order valence-corrected chi connectivity index (χ1v) is 8.13. The van der Waals surface area contributed by atoms with Crippen molar-refractivity contribution in [3.8, 4) is 0 Å². The number of carbonyl (C=O) groups excluding carboxylic acids is 1. The summed E-state index contributed by atoms with van der Waals surface area (Å²) in [4.78, 5) is 11.8. The second-order valence-corrected chi connectivity index (χ2v) is 6.94. The minimum Gasteiger partial charge on any atom is -0.469 e. The molecule has 1 rings (SSSR count). The van der Waals surface area contributed by atoms with Crippen LogP contribution in [0.4, 0.5) is 0 Å². The molecule has 112 valence electrons. The van der Waals surface area contributed by atoms with E-state index in [2.05, 4.69) is 13.8 Å². The Labute approximate surface area is 119 Å². The van der Waals surface area contributed by atoms with Gasteiger partial charge >= 0.3 is 5.97 Å². The number of methoxy groups -OCH3 is 1. The van der Waals surface area contributed by atoms with Crippen LogP contribution in [0.1, 0.15) is 84.5 Å². The quantitative estimate of drug-likeness (QED) is 0.618. The third-order valence-corrected chi connectivity index (χ3v) is 4.60. The lowest BCUT2D eigenvalue weighted by atomic mass is 9.81. The molecule has 1 unspecified atom stereocenters. The number of carbonyl (C=O) groups is 1. The van der Waals surface area contributed by atoms with Crippen molar-refractivity contribution in [1.82, 2.24) is 0 Å². The Morgan fingerprint density at radius 3 is 2.00 bits per heavy atom. The zero-order valence-corrected chi connectivity index (χ0v) is 13.2. The van der Waals surface area contributed by atoms with Gasteiger partial charge in [0.1, 0.15) is 0 Å². The third kappa shape index (κ3) is 6.98. The van der Waals surface area contributed by atoms with E-state index < -0.39 is 0 Å². The van der Waals surface area contributed by atoms with E-state index in [1.165, 1.54) is 64.9 Å². The standard InChI is InChI=1S/C17H32O2/c1-17(2)13-9-6-4-5-7-11-15(16(18)19-3)12-8-10-14-17/h15H,4-14H2,1-3H3. The maximum Gasteiger partial charge on any atom is 0.308 e. The molecule has 0 heterocycles. The summed E-state index contributed by atoms with van der Waals surface area (Å²) in [6, 6.07) is 0. The summed E-state index contributed by atoms with van der Waals surface area (Å²) in [5.41, 5.74) is 0.481. The molecule has 19 heavy (non-hydrogen) atoms. The normalized spacial score (nSPS) is 26.6. The van der Waals surface area contributed by atoms with Gasteiger partial charge in [0.15, 0.2) is 0 Å². The molecule has 0 spiro atoms. The first-order chi connectivity index (χ1) is 9.05. The molecule has 0 bridgehead atoms. The van der Waals surface area contributed by atoms with E-state index in [0.717, 1.165) is 12.8 Å². The summed E-state index contributed by atoms with van der Waals surface area (Å²) >= 11 is 0. The van der Waals surface area contributed by atoms with Crippen molar-refractivity contribution in [1.29, 1.82) is 0 Å². The molecule has 1 aliphatic carbocycles. The van der Waals surface area contributed by atoms with Gasteiger partial charge in [-0.25, -0.2) is 0 Å². The Balaban J connectivity index is 2.48. The van der Waals surface area contributed by atoms with Gasteiger partial charge < -0.3 is 4.74 Å². The summed E-state index contributed by atoms with van der Waals surface area (Å²) in [5, 5.41) is 0. The van der Waals surface area contributed by atoms with Gasteiger partial charge in [0, 0.05) is 0 Å². The maximum atomic E-state index is 11.8. The molecule has 2 nitrogen and oxygen atoms in total. The van der Waals surface area contributed by atoms with E-state index in [4.69, 9.17) is 4.74 Å². The van der Waals surface area contributed by atoms with E-state index in [1.807, 2.05) is 0 Å². The SMILES string of the molecule is COC(=O)C1CCCCCCCC(C)(C)CCCC1. The lowest BCUT2D eigenvalue weighted by Gasteiger charge is -2.24. The average Bonchev–Trinajstić information content (AvgIpc) is 2.39. The lowest BCUT2D eigenvalue weighted by molar-refractivity contribution is -0.146. The second kappa shape index (κ2) is 8.60. The second-order valence-electron chi connectivity index (χ2n) is 6.94. The molecular formula is C17H32O2. The van der Waals surface area contributed by atoms with Crippen LogP contribution in [-0.2, 0) is 9.53 Å². The molecule has 0 N–H and O–H groups in total. The smallest absolute Gasteiger partial charge is 0.308 e. The van der Waals surface area contributed by atoms with E-state index in [-0.39, 0.29) is 11.9 Å². The van der Waals surface area contributed by atoms with Gasteiger partial charge in [-0.2, -0.15) is 0 Å². The van der Waals surface area contributed by atoms with Crippen molar-refractivity contribution in [2.24, 2.45) is 11.3 Å². The first-order valence-electron chi connectivity index (χ1n) is 8.13. The van der Waals surface area contributed by atoms with Crippen molar-refractivity contribution in [3.05, 3.63) is 0 Å². The number of hydrogen-bond donors (Lipinski definition) is 0. The van der Waals surface area contributed by atoms with Gasteiger partial charge in [0.05, 0.1) is 13.0 Å². The van der Waals surface area contributed by atoms with Crippen LogP contribution in [0.2, 0.25) is 0 Å². The zero-order valence-electron chi connectivity index (χ0n) is 13.2. The molecule has 0 radical (unpaired) electrons. The van der Waals surface area contributed by atoms with Crippen molar-refractivity contribution in [2.75, 3.05) is 7.11 Å². The fourth-order valence-corrected chi connectivity index (χ4v) is 3.19. The van der Waals surface area contributed by atoms with Gasteiger partial charge in [-0.15, -0.1) is 0 Å². The third-order valence-electron chi connectivity index (χ3n) is 4.60. The highest BCUT2D eigenvalue weighted by Gasteiger charge is 2.21. The van der Waals surface area contributed by atoms with Crippen LogP contribution >= 0.6 is 0 Å². The Hall–Kier alpha value is -0.530. The van der Waals surface area contributed by atoms with Crippen LogP contribution in [-0.4, -0.2) is 13.1 Å². The van der Waals surface area contributed by atoms with Crippen LogP contribution in [0.5, 0.6) is 0 Å². The van der Waals surface area contributed by atoms with Crippen LogP contribution in [0, 0.1) is 11.3 Å². The van der Waals surface area contributed by atoms with E-state index >= 15 is 0 Å². The molecule has 0 aromatic carbocycles. The molecule has 0 aliphatic heterocycles. The van der Waals surface area contributed by atoms with Gasteiger partial charge in [-0.3, -0.25) is 4.79 Å². The number of esters is 1. The van der Waals surface area contributed by atoms with E-state index in [0.29, 0.717) is 5.41 Å². The molecular weight excluding hydrogens is 236 g/mol. The van der Waals surface area contributed by atoms with Crippen molar-refractivity contribution in [3.63, 3.8) is 0 Å². The maximum absolute atomic E-state index is 11.8. The molecule has 0 amide bonds. The highest BCUT2D eigenvalue weighted by atomic mass is 16.5. The van der Waals surface area contributed by atoms with Crippen LogP contribution < -0.4 is 0 Å². The Morgan fingerprint density at radius 1 is 0.895 bits per heavy atom. The van der Waals surface area contributed by atoms with Gasteiger partial charge in [-0.05, 0) is 31.1 Å².